The predicted molar refractivity (Wildman–Crippen MR) is 192 cm³/mol. The van der Waals surface area contributed by atoms with Gasteiger partial charge in [-0.3, -0.25) is 14.4 Å². The Labute approximate surface area is 292 Å². The molecule has 0 aliphatic rings. The van der Waals surface area contributed by atoms with Gasteiger partial charge < -0.3 is 25.4 Å². The van der Waals surface area contributed by atoms with Gasteiger partial charge >= 0.3 is 0 Å². The second-order valence-electron chi connectivity index (χ2n) is 10.5. The highest BCUT2D eigenvalue weighted by Crippen LogP contribution is 2.38. The van der Waals surface area contributed by atoms with E-state index in [1.54, 1.807) is 66.7 Å². The van der Waals surface area contributed by atoms with E-state index in [1.807, 2.05) is 36.4 Å². The van der Waals surface area contributed by atoms with Gasteiger partial charge in [0.2, 0.25) is 5.91 Å². The van der Waals surface area contributed by atoms with Crippen molar-refractivity contribution in [3.05, 3.63) is 155 Å². The van der Waals surface area contributed by atoms with Crippen LogP contribution in [-0.4, -0.2) is 31.9 Å². The lowest BCUT2D eigenvalue weighted by atomic mass is 10.1. The van der Waals surface area contributed by atoms with Crippen molar-refractivity contribution in [1.82, 2.24) is 5.32 Å². The molecular formula is C38H31ClFN3O5S. The summed E-state index contributed by atoms with van der Waals surface area (Å²) in [6.07, 6.45) is 1.51. The molecule has 1 unspecified atom stereocenters. The number of anilines is 2. The third kappa shape index (κ3) is 9.07. The van der Waals surface area contributed by atoms with Crippen LogP contribution in [0.25, 0.3) is 6.08 Å². The third-order valence-corrected chi connectivity index (χ3v) is 8.67. The zero-order valence-electron chi connectivity index (χ0n) is 26.4. The number of methoxy groups -OCH3 is 2. The topological polar surface area (TPSA) is 106 Å². The summed E-state index contributed by atoms with van der Waals surface area (Å²) >= 11 is 7.19. The lowest BCUT2D eigenvalue weighted by Gasteiger charge is -2.18. The monoisotopic (exact) mass is 695 g/mol. The first-order valence-electron chi connectivity index (χ1n) is 14.9. The number of thioether (sulfide) groups is 1. The van der Waals surface area contributed by atoms with E-state index in [9.17, 15) is 18.8 Å². The average molecular weight is 696 g/mol. The van der Waals surface area contributed by atoms with Crippen molar-refractivity contribution < 1.29 is 28.2 Å². The van der Waals surface area contributed by atoms with Crippen LogP contribution >= 0.6 is 23.4 Å². The second kappa shape index (κ2) is 16.5. The quantitative estimate of drug-likeness (QED) is 0.0895. The molecule has 0 fully saturated rings. The molecule has 0 aliphatic carbocycles. The molecule has 3 N–H and O–H groups in total. The summed E-state index contributed by atoms with van der Waals surface area (Å²) in [7, 11) is 2.99. The van der Waals surface area contributed by atoms with Crippen LogP contribution in [0, 0.1) is 5.82 Å². The largest absolute Gasteiger partial charge is 0.493 e. The SMILES string of the molecule is COc1cccc(/C=C(/NC(=O)c2ccccc2)C(=O)Nc2cccc(SC(C(=O)Nc3ccc(F)c(Cl)c3)c3ccccc3)c2)c1OC. The molecule has 0 aromatic heterocycles. The molecule has 5 aromatic carbocycles. The highest BCUT2D eigenvalue weighted by atomic mass is 35.5. The number of ether oxygens (including phenoxy) is 2. The molecule has 0 bridgehead atoms. The Morgan fingerprint density at radius 1 is 0.776 bits per heavy atom. The zero-order valence-corrected chi connectivity index (χ0v) is 28.0. The molecule has 0 spiro atoms. The molecule has 3 amide bonds. The lowest BCUT2D eigenvalue weighted by Crippen LogP contribution is -2.30. The first kappa shape index (κ1) is 34.7. The van der Waals surface area contributed by atoms with E-state index in [0.717, 1.165) is 5.56 Å². The highest BCUT2D eigenvalue weighted by molar-refractivity contribution is 8.00. The first-order valence-corrected chi connectivity index (χ1v) is 16.2. The second-order valence-corrected chi connectivity index (χ2v) is 12.1. The summed E-state index contributed by atoms with van der Waals surface area (Å²) < 4.78 is 24.7. The number of carbonyl (C=O) groups is 3. The number of amides is 3. The Bertz CT molecular complexity index is 1990. The van der Waals surface area contributed by atoms with Gasteiger partial charge in [-0.25, -0.2) is 4.39 Å². The fourth-order valence-corrected chi connectivity index (χ4v) is 6.05. The number of nitrogens with one attached hydrogen (secondary N) is 3. The standard InChI is InChI=1S/C38H31ClFN3O5S/c1-47-33-18-9-15-26(34(33)48-2)21-32(43-36(44)25-13-7-4-8-14-25)37(45)41-27-16-10-17-29(22-27)49-35(24-11-5-3-6-12-24)38(46)42-28-19-20-31(40)30(39)23-28/h3-23,35H,1-2H3,(H,41,45)(H,42,46)(H,43,44)/b32-21+. The minimum atomic E-state index is -0.711. The molecule has 5 aromatic rings. The number of hydrogen-bond acceptors (Lipinski definition) is 6. The Kier molecular flexibility index (Phi) is 11.7. The minimum absolute atomic E-state index is 0.0436. The van der Waals surface area contributed by atoms with Crippen molar-refractivity contribution in [2.24, 2.45) is 0 Å². The summed E-state index contributed by atoms with van der Waals surface area (Å²) in [6.45, 7) is 0. The van der Waals surface area contributed by atoms with Crippen LogP contribution in [0.5, 0.6) is 11.5 Å². The van der Waals surface area contributed by atoms with Gasteiger partial charge in [0.15, 0.2) is 11.5 Å². The van der Waals surface area contributed by atoms with Gasteiger partial charge in [0.05, 0.1) is 19.2 Å². The maximum atomic E-state index is 13.8. The number of carbonyl (C=O) groups excluding carboxylic acids is 3. The smallest absolute Gasteiger partial charge is 0.272 e. The molecule has 0 saturated carbocycles. The van der Waals surface area contributed by atoms with Crippen molar-refractivity contribution in [3.8, 4) is 11.5 Å². The van der Waals surface area contributed by atoms with E-state index in [4.69, 9.17) is 21.1 Å². The van der Waals surface area contributed by atoms with E-state index in [-0.39, 0.29) is 16.6 Å². The molecule has 0 aliphatic heterocycles. The minimum Gasteiger partial charge on any atom is -0.493 e. The van der Waals surface area contributed by atoms with Crippen LogP contribution in [-0.2, 0) is 9.59 Å². The van der Waals surface area contributed by atoms with Crippen LogP contribution in [0.3, 0.4) is 0 Å². The van der Waals surface area contributed by atoms with Gasteiger partial charge in [-0.1, -0.05) is 78.3 Å². The summed E-state index contributed by atoms with van der Waals surface area (Å²) in [4.78, 5) is 41.2. The van der Waals surface area contributed by atoms with Crippen molar-refractivity contribution in [3.63, 3.8) is 0 Å². The van der Waals surface area contributed by atoms with Crippen molar-refractivity contribution in [1.29, 1.82) is 0 Å². The highest BCUT2D eigenvalue weighted by Gasteiger charge is 2.23. The summed E-state index contributed by atoms with van der Waals surface area (Å²) in [5, 5.41) is 7.58. The van der Waals surface area contributed by atoms with Gasteiger partial charge in [-0.15, -0.1) is 11.8 Å². The molecule has 5 rings (SSSR count). The number of hydrogen-bond donors (Lipinski definition) is 3. The van der Waals surface area contributed by atoms with Crippen molar-refractivity contribution >= 4 is 58.5 Å². The number of halogens is 2. The molecule has 0 heterocycles. The van der Waals surface area contributed by atoms with Gasteiger partial charge in [0.1, 0.15) is 16.8 Å². The molecule has 1 atom stereocenters. The molecule has 0 radical (unpaired) electrons. The Morgan fingerprint density at radius 3 is 2.16 bits per heavy atom. The van der Waals surface area contributed by atoms with Crippen LogP contribution in [0.2, 0.25) is 5.02 Å². The molecule has 8 nitrogen and oxygen atoms in total. The van der Waals surface area contributed by atoms with E-state index in [2.05, 4.69) is 16.0 Å². The third-order valence-electron chi connectivity index (χ3n) is 7.14. The number of rotatable bonds is 12. The summed E-state index contributed by atoms with van der Waals surface area (Å²) in [5.41, 5.74) is 2.33. The van der Waals surface area contributed by atoms with Crippen molar-refractivity contribution in [2.45, 2.75) is 10.1 Å². The fourth-order valence-electron chi connectivity index (χ4n) is 4.79. The zero-order chi connectivity index (χ0) is 34.8. The Hall–Kier alpha value is -5.58. The van der Waals surface area contributed by atoms with E-state index in [0.29, 0.717) is 38.9 Å². The first-order chi connectivity index (χ1) is 23.7. The summed E-state index contributed by atoms with van der Waals surface area (Å²) in [6, 6.07) is 33.8. The molecule has 248 valence electrons. The fraction of sp³-hybridized carbons (Fsp3) is 0.0789. The van der Waals surface area contributed by atoms with Crippen molar-refractivity contribution in [2.75, 3.05) is 24.9 Å². The van der Waals surface area contributed by atoms with E-state index < -0.39 is 22.9 Å². The molecule has 49 heavy (non-hydrogen) atoms. The summed E-state index contributed by atoms with van der Waals surface area (Å²) in [5.74, 6) is -1.18. The van der Waals surface area contributed by atoms with Crippen LogP contribution in [0.1, 0.15) is 26.7 Å². The molecule has 11 heteroatoms. The van der Waals surface area contributed by atoms with E-state index in [1.165, 1.54) is 50.3 Å². The normalized spacial score (nSPS) is 11.6. The maximum Gasteiger partial charge on any atom is 0.272 e. The van der Waals surface area contributed by atoms with Crippen LogP contribution in [0.15, 0.2) is 132 Å². The number of para-hydroxylation sites is 1. The van der Waals surface area contributed by atoms with Crippen LogP contribution in [0.4, 0.5) is 15.8 Å². The Morgan fingerprint density at radius 2 is 1.47 bits per heavy atom. The predicted octanol–water partition coefficient (Wildman–Crippen LogP) is 8.38. The van der Waals surface area contributed by atoms with Gasteiger partial charge in [-0.05, 0) is 66.2 Å². The van der Waals surface area contributed by atoms with Crippen LogP contribution < -0.4 is 25.4 Å². The molecule has 0 saturated heterocycles. The van der Waals surface area contributed by atoms with E-state index >= 15 is 0 Å². The van der Waals surface area contributed by atoms with Gasteiger partial charge in [-0.2, -0.15) is 0 Å². The van der Waals surface area contributed by atoms with Gasteiger partial charge in [0, 0.05) is 27.4 Å². The lowest BCUT2D eigenvalue weighted by molar-refractivity contribution is -0.116. The number of benzene rings is 5. The Balaban J connectivity index is 1.41. The average Bonchev–Trinajstić information content (AvgIpc) is 3.12. The maximum absolute atomic E-state index is 13.8. The molecular weight excluding hydrogens is 665 g/mol. The van der Waals surface area contributed by atoms with Gasteiger partial charge in [0.25, 0.3) is 11.8 Å².